The molecule has 2 heterocycles. The monoisotopic (exact) mass is 300 g/mol. The Morgan fingerprint density at radius 2 is 2.18 bits per heavy atom. The van der Waals surface area contributed by atoms with E-state index in [9.17, 15) is 9.90 Å². The fraction of sp³-hybridized carbons (Fsp3) is 0.438. The van der Waals surface area contributed by atoms with Crippen molar-refractivity contribution in [3.05, 3.63) is 35.8 Å². The highest BCUT2D eigenvalue weighted by molar-refractivity contribution is 5.74. The minimum Gasteiger partial charge on any atom is -0.481 e. The van der Waals surface area contributed by atoms with Gasteiger partial charge in [0.25, 0.3) is 0 Å². The minimum absolute atomic E-state index is 0.403. The zero-order chi connectivity index (χ0) is 16.2. The molecule has 0 aliphatic carbocycles. The number of nitrogens with one attached hydrogen (secondary N) is 1. The van der Waals surface area contributed by atoms with Gasteiger partial charge in [0.2, 0.25) is 0 Å². The van der Waals surface area contributed by atoms with Crippen LogP contribution in [0.1, 0.15) is 37.9 Å². The van der Waals surface area contributed by atoms with Gasteiger partial charge in [-0.2, -0.15) is 5.26 Å². The van der Waals surface area contributed by atoms with Crippen LogP contribution in [0.4, 0.5) is 0 Å². The summed E-state index contributed by atoms with van der Waals surface area (Å²) in [7, 11) is 0. The van der Waals surface area contributed by atoms with E-state index in [-0.39, 0.29) is 0 Å². The first-order valence-electron chi connectivity index (χ1n) is 7.36. The number of hydrogen-bond donors (Lipinski definition) is 2. The van der Waals surface area contributed by atoms with E-state index < -0.39 is 11.4 Å². The first-order chi connectivity index (χ1) is 10.6. The molecule has 2 N–H and O–H groups in total. The first-order valence-corrected chi connectivity index (χ1v) is 7.36. The van der Waals surface area contributed by atoms with E-state index in [4.69, 9.17) is 5.26 Å². The third-order valence-electron chi connectivity index (χ3n) is 4.29. The first kappa shape index (κ1) is 16.0. The molecule has 6 nitrogen and oxygen atoms in total. The molecule has 0 aliphatic heterocycles. The summed E-state index contributed by atoms with van der Waals surface area (Å²) in [6, 6.07) is 5.62. The van der Waals surface area contributed by atoms with Gasteiger partial charge >= 0.3 is 5.97 Å². The number of fused-ring (bicyclic) bond motifs is 1. The van der Waals surface area contributed by atoms with Gasteiger partial charge in [-0.25, -0.2) is 4.98 Å². The number of aliphatic carboxylic acids is 1. The number of pyridine rings is 1. The SMILES string of the molecule is CCC(CC)(CNCc1cnc2ccc(C#N)cn12)C(=O)O. The molecule has 6 heteroatoms. The Bertz CT molecular complexity index is 710. The van der Waals surface area contributed by atoms with Crippen LogP contribution in [0.15, 0.2) is 24.5 Å². The van der Waals surface area contributed by atoms with Gasteiger partial charge in [0.15, 0.2) is 0 Å². The second kappa shape index (κ2) is 6.58. The normalized spacial score (nSPS) is 11.5. The van der Waals surface area contributed by atoms with Crippen molar-refractivity contribution in [2.45, 2.75) is 33.2 Å². The molecule has 0 saturated heterocycles. The van der Waals surface area contributed by atoms with Crippen molar-refractivity contribution in [1.29, 1.82) is 5.26 Å². The number of nitriles is 1. The van der Waals surface area contributed by atoms with Crippen LogP contribution >= 0.6 is 0 Å². The van der Waals surface area contributed by atoms with E-state index in [1.54, 1.807) is 24.5 Å². The Kier molecular flexibility index (Phi) is 4.78. The third kappa shape index (κ3) is 2.95. The maximum Gasteiger partial charge on any atom is 0.310 e. The second-order valence-electron chi connectivity index (χ2n) is 5.40. The predicted molar refractivity (Wildman–Crippen MR) is 82.3 cm³/mol. The molecule has 0 bridgehead atoms. The van der Waals surface area contributed by atoms with E-state index in [1.807, 2.05) is 18.2 Å². The highest BCUT2D eigenvalue weighted by Gasteiger charge is 2.34. The summed E-state index contributed by atoms with van der Waals surface area (Å²) in [6.07, 6.45) is 4.64. The quantitative estimate of drug-likeness (QED) is 0.818. The third-order valence-corrected chi connectivity index (χ3v) is 4.29. The van der Waals surface area contributed by atoms with Crippen LogP contribution < -0.4 is 5.32 Å². The van der Waals surface area contributed by atoms with Crippen LogP contribution in [0.5, 0.6) is 0 Å². The van der Waals surface area contributed by atoms with E-state index in [0.717, 1.165) is 11.3 Å². The molecule has 0 atom stereocenters. The van der Waals surface area contributed by atoms with Gasteiger partial charge in [-0.1, -0.05) is 13.8 Å². The zero-order valence-electron chi connectivity index (χ0n) is 12.8. The molecule has 0 aromatic carbocycles. The molecule has 0 radical (unpaired) electrons. The lowest BCUT2D eigenvalue weighted by atomic mass is 9.82. The number of carboxylic acids is 1. The minimum atomic E-state index is -0.769. The van der Waals surface area contributed by atoms with Gasteiger partial charge in [-0.3, -0.25) is 4.79 Å². The van der Waals surface area contributed by atoms with Crippen molar-refractivity contribution >= 4 is 11.6 Å². The second-order valence-corrected chi connectivity index (χ2v) is 5.40. The Labute approximate surface area is 129 Å². The fourth-order valence-electron chi connectivity index (χ4n) is 2.54. The summed E-state index contributed by atoms with van der Waals surface area (Å²) in [5.41, 5.74) is 1.50. The molecule has 0 aliphatic rings. The van der Waals surface area contributed by atoms with Crippen molar-refractivity contribution in [1.82, 2.24) is 14.7 Å². The number of carbonyl (C=O) groups is 1. The maximum absolute atomic E-state index is 11.5. The Morgan fingerprint density at radius 3 is 2.77 bits per heavy atom. The average Bonchev–Trinajstić information content (AvgIpc) is 2.93. The van der Waals surface area contributed by atoms with Crippen molar-refractivity contribution in [3.8, 4) is 6.07 Å². The molecule has 2 aromatic heterocycles. The molecule has 0 saturated carbocycles. The Morgan fingerprint density at radius 1 is 1.45 bits per heavy atom. The van der Waals surface area contributed by atoms with Crippen molar-refractivity contribution in [3.63, 3.8) is 0 Å². The van der Waals surface area contributed by atoms with Crippen molar-refractivity contribution in [2.24, 2.45) is 5.41 Å². The Hall–Kier alpha value is -2.39. The van der Waals surface area contributed by atoms with Crippen LogP contribution in [0.25, 0.3) is 5.65 Å². The van der Waals surface area contributed by atoms with Crippen LogP contribution in [0.3, 0.4) is 0 Å². The standard InChI is InChI=1S/C16H20N4O2/c1-3-16(4-2,15(21)22)11-18-8-13-9-19-14-6-5-12(7-17)10-20(13)14/h5-6,9-10,18H,3-4,8,11H2,1-2H3,(H,21,22). The van der Waals surface area contributed by atoms with E-state index in [0.29, 0.717) is 31.5 Å². The number of imidazole rings is 1. The smallest absolute Gasteiger partial charge is 0.310 e. The number of hydrogen-bond acceptors (Lipinski definition) is 4. The highest BCUT2D eigenvalue weighted by Crippen LogP contribution is 2.25. The lowest BCUT2D eigenvalue weighted by molar-refractivity contribution is -0.149. The molecule has 0 amide bonds. The van der Waals surface area contributed by atoms with Gasteiger partial charge in [-0.05, 0) is 25.0 Å². The van der Waals surface area contributed by atoms with E-state index in [1.165, 1.54) is 0 Å². The molecular weight excluding hydrogens is 280 g/mol. The Balaban J connectivity index is 2.12. The topological polar surface area (TPSA) is 90.4 Å². The molecule has 116 valence electrons. The van der Waals surface area contributed by atoms with Crippen LogP contribution in [0, 0.1) is 16.7 Å². The van der Waals surface area contributed by atoms with Crippen molar-refractivity contribution in [2.75, 3.05) is 6.54 Å². The van der Waals surface area contributed by atoms with E-state index >= 15 is 0 Å². The van der Waals surface area contributed by atoms with Gasteiger partial charge in [-0.15, -0.1) is 0 Å². The van der Waals surface area contributed by atoms with Crippen molar-refractivity contribution < 1.29 is 9.90 Å². The summed E-state index contributed by atoms with van der Waals surface area (Å²) in [5, 5.41) is 21.6. The van der Waals surface area contributed by atoms with Crippen LogP contribution in [0.2, 0.25) is 0 Å². The number of aromatic nitrogens is 2. The summed E-state index contributed by atoms with van der Waals surface area (Å²) >= 11 is 0. The number of rotatable bonds is 7. The van der Waals surface area contributed by atoms with Gasteiger partial charge in [0.1, 0.15) is 11.7 Å². The van der Waals surface area contributed by atoms with E-state index in [2.05, 4.69) is 16.4 Å². The zero-order valence-corrected chi connectivity index (χ0v) is 12.8. The number of nitrogens with zero attached hydrogens (tertiary/aromatic N) is 3. The summed E-state index contributed by atoms with van der Waals surface area (Å²) in [6.45, 7) is 4.70. The summed E-state index contributed by atoms with van der Waals surface area (Å²) < 4.78 is 1.85. The average molecular weight is 300 g/mol. The molecule has 0 spiro atoms. The molecule has 22 heavy (non-hydrogen) atoms. The van der Waals surface area contributed by atoms with Crippen LogP contribution in [-0.4, -0.2) is 27.0 Å². The molecular formula is C16H20N4O2. The lowest BCUT2D eigenvalue weighted by Crippen LogP contribution is -2.40. The molecule has 0 unspecified atom stereocenters. The predicted octanol–water partition coefficient (Wildman–Crippen LogP) is 2.19. The van der Waals surface area contributed by atoms with Gasteiger partial charge in [0.05, 0.1) is 22.9 Å². The van der Waals surface area contributed by atoms with Crippen LogP contribution in [-0.2, 0) is 11.3 Å². The molecule has 2 rings (SSSR count). The fourth-order valence-corrected chi connectivity index (χ4v) is 2.54. The summed E-state index contributed by atoms with van der Waals surface area (Å²) in [5.74, 6) is -0.769. The molecule has 0 fully saturated rings. The van der Waals surface area contributed by atoms with Gasteiger partial charge < -0.3 is 14.8 Å². The molecule has 2 aromatic rings. The maximum atomic E-state index is 11.5. The number of carboxylic acid groups (broad SMARTS) is 1. The summed E-state index contributed by atoms with van der Waals surface area (Å²) in [4.78, 5) is 15.8. The lowest BCUT2D eigenvalue weighted by Gasteiger charge is -2.26. The van der Waals surface area contributed by atoms with Gasteiger partial charge in [0, 0.05) is 19.3 Å². The highest BCUT2D eigenvalue weighted by atomic mass is 16.4. The largest absolute Gasteiger partial charge is 0.481 e.